The number of alkyl carbamates (subject to hydrolysis) is 1. The molecule has 1 aliphatic carbocycles. The van der Waals surface area contributed by atoms with Gasteiger partial charge in [0.15, 0.2) is 0 Å². The average Bonchev–Trinajstić information content (AvgIpc) is 3.02. The van der Waals surface area contributed by atoms with Gasteiger partial charge in [-0.2, -0.15) is 0 Å². The van der Waals surface area contributed by atoms with E-state index in [0.29, 0.717) is 26.1 Å². The third-order valence-electron chi connectivity index (χ3n) is 4.91. The number of nitrogens with one attached hydrogen (secondary N) is 2. The maximum Gasteiger partial charge on any atom is 0.407 e. The predicted molar refractivity (Wildman–Crippen MR) is 107 cm³/mol. The van der Waals surface area contributed by atoms with Crippen molar-refractivity contribution >= 4 is 12.1 Å². The fraction of sp³-hybridized carbons (Fsp3) is 0.364. The number of fused-ring (bicyclic) bond motifs is 3. The standard InChI is InChI=1S/C22H26N2O4/c25-21(26)11-5-6-12-23-13-14-24-22(27)28-15-20-18-9-3-1-7-16(18)17-8-2-4-10-19(17)20/h1-4,7-10,20,23H,5-6,11-15H2,(H,24,27)(H,25,26). The highest BCUT2D eigenvalue weighted by molar-refractivity contribution is 5.79. The van der Waals surface area contributed by atoms with Crippen LogP contribution in [-0.4, -0.2) is 43.4 Å². The summed E-state index contributed by atoms with van der Waals surface area (Å²) in [4.78, 5) is 22.4. The van der Waals surface area contributed by atoms with Gasteiger partial charge in [-0.1, -0.05) is 48.5 Å². The number of amides is 1. The number of carbonyl (C=O) groups is 2. The maximum absolute atomic E-state index is 12.0. The van der Waals surface area contributed by atoms with Crippen LogP contribution in [0.15, 0.2) is 48.5 Å². The largest absolute Gasteiger partial charge is 0.481 e. The topological polar surface area (TPSA) is 87.7 Å². The first kappa shape index (κ1) is 19.9. The summed E-state index contributed by atoms with van der Waals surface area (Å²) in [6.45, 7) is 2.13. The summed E-state index contributed by atoms with van der Waals surface area (Å²) in [5.41, 5.74) is 4.80. The summed E-state index contributed by atoms with van der Waals surface area (Å²) in [5.74, 6) is -0.706. The number of carboxylic acid groups (broad SMARTS) is 1. The molecule has 0 heterocycles. The number of hydrogen-bond acceptors (Lipinski definition) is 4. The van der Waals surface area contributed by atoms with Crippen molar-refractivity contribution in [2.24, 2.45) is 0 Å². The molecule has 0 saturated heterocycles. The van der Waals surface area contributed by atoms with Gasteiger partial charge in [-0.25, -0.2) is 4.79 Å². The number of hydrogen-bond donors (Lipinski definition) is 3. The molecule has 0 aliphatic heterocycles. The maximum atomic E-state index is 12.0. The Bertz CT molecular complexity index is 776. The second-order valence-corrected chi connectivity index (χ2v) is 6.85. The van der Waals surface area contributed by atoms with Crippen molar-refractivity contribution in [3.63, 3.8) is 0 Å². The van der Waals surface area contributed by atoms with E-state index >= 15 is 0 Å². The normalized spacial score (nSPS) is 12.3. The van der Waals surface area contributed by atoms with Crippen LogP contribution in [0.25, 0.3) is 11.1 Å². The first-order chi connectivity index (χ1) is 13.7. The Hall–Kier alpha value is -2.86. The molecule has 0 saturated carbocycles. The summed E-state index contributed by atoms with van der Waals surface area (Å²) in [7, 11) is 0. The zero-order valence-electron chi connectivity index (χ0n) is 15.8. The van der Waals surface area contributed by atoms with Crippen molar-refractivity contribution in [1.29, 1.82) is 0 Å². The highest BCUT2D eigenvalue weighted by Crippen LogP contribution is 2.44. The molecular formula is C22H26N2O4. The lowest BCUT2D eigenvalue weighted by atomic mass is 9.98. The van der Waals surface area contributed by atoms with Gasteiger partial charge >= 0.3 is 12.1 Å². The molecule has 6 heteroatoms. The number of carbonyl (C=O) groups excluding carboxylic acids is 1. The minimum Gasteiger partial charge on any atom is -0.481 e. The molecule has 6 nitrogen and oxygen atoms in total. The lowest BCUT2D eigenvalue weighted by Gasteiger charge is -2.14. The molecule has 3 rings (SSSR count). The number of carboxylic acids is 1. The van der Waals surface area contributed by atoms with E-state index in [4.69, 9.17) is 9.84 Å². The molecule has 0 aromatic heterocycles. The van der Waals surface area contributed by atoms with Gasteiger partial charge in [-0.3, -0.25) is 4.79 Å². The number of benzene rings is 2. The Morgan fingerprint density at radius 2 is 1.54 bits per heavy atom. The second-order valence-electron chi connectivity index (χ2n) is 6.85. The Morgan fingerprint density at radius 3 is 2.18 bits per heavy atom. The summed E-state index contributed by atoms with van der Waals surface area (Å²) in [6.07, 6.45) is 1.23. The smallest absolute Gasteiger partial charge is 0.407 e. The number of unbranched alkanes of at least 4 members (excludes halogenated alkanes) is 1. The fourth-order valence-electron chi connectivity index (χ4n) is 3.55. The molecule has 0 atom stereocenters. The summed E-state index contributed by atoms with van der Waals surface area (Å²) >= 11 is 0. The first-order valence-electron chi connectivity index (χ1n) is 9.68. The van der Waals surface area contributed by atoms with E-state index in [1.54, 1.807) is 0 Å². The van der Waals surface area contributed by atoms with Crippen molar-refractivity contribution < 1.29 is 19.4 Å². The van der Waals surface area contributed by atoms with Crippen molar-refractivity contribution in [2.45, 2.75) is 25.2 Å². The van der Waals surface area contributed by atoms with E-state index in [2.05, 4.69) is 34.9 Å². The lowest BCUT2D eigenvalue weighted by molar-refractivity contribution is -0.137. The Balaban J connectivity index is 1.39. The molecule has 1 amide bonds. The van der Waals surface area contributed by atoms with Crippen LogP contribution in [0.4, 0.5) is 4.79 Å². The summed E-state index contributed by atoms with van der Waals surface area (Å²) in [6, 6.07) is 16.5. The van der Waals surface area contributed by atoms with E-state index in [-0.39, 0.29) is 12.3 Å². The number of aliphatic carboxylic acids is 1. The minimum atomic E-state index is -0.767. The van der Waals surface area contributed by atoms with Crippen molar-refractivity contribution in [2.75, 3.05) is 26.2 Å². The Kier molecular flexibility index (Phi) is 7.03. The predicted octanol–water partition coefficient (Wildman–Crippen LogP) is 3.37. The van der Waals surface area contributed by atoms with Crippen LogP contribution in [0.3, 0.4) is 0 Å². The van der Waals surface area contributed by atoms with Gasteiger partial charge in [-0.15, -0.1) is 0 Å². The van der Waals surface area contributed by atoms with E-state index < -0.39 is 12.1 Å². The van der Waals surface area contributed by atoms with Gasteiger partial charge in [0.1, 0.15) is 6.61 Å². The molecule has 2 aromatic rings. The first-order valence-corrected chi connectivity index (χ1v) is 9.68. The molecule has 148 valence electrons. The molecule has 0 bridgehead atoms. The van der Waals surface area contributed by atoms with Gasteiger partial charge in [-0.05, 0) is 41.6 Å². The molecule has 2 aromatic carbocycles. The molecule has 0 spiro atoms. The monoisotopic (exact) mass is 382 g/mol. The average molecular weight is 382 g/mol. The fourth-order valence-corrected chi connectivity index (χ4v) is 3.55. The molecule has 0 fully saturated rings. The van der Waals surface area contributed by atoms with E-state index in [1.807, 2.05) is 24.3 Å². The van der Waals surface area contributed by atoms with E-state index in [9.17, 15) is 9.59 Å². The number of rotatable bonds is 10. The van der Waals surface area contributed by atoms with Crippen LogP contribution >= 0.6 is 0 Å². The SMILES string of the molecule is O=C(O)CCCCNCCNC(=O)OCC1c2ccccc2-c2ccccc21. The van der Waals surface area contributed by atoms with Gasteiger partial charge in [0.2, 0.25) is 0 Å². The Morgan fingerprint density at radius 1 is 0.893 bits per heavy atom. The Labute approximate surface area is 164 Å². The van der Waals surface area contributed by atoms with Crippen LogP contribution in [0.1, 0.15) is 36.3 Å². The van der Waals surface area contributed by atoms with Crippen LogP contribution < -0.4 is 10.6 Å². The van der Waals surface area contributed by atoms with E-state index in [0.717, 1.165) is 13.0 Å². The highest BCUT2D eigenvalue weighted by atomic mass is 16.5. The zero-order valence-corrected chi connectivity index (χ0v) is 15.8. The zero-order chi connectivity index (χ0) is 19.8. The third-order valence-corrected chi connectivity index (χ3v) is 4.91. The van der Waals surface area contributed by atoms with Crippen molar-refractivity contribution in [3.05, 3.63) is 59.7 Å². The molecule has 0 radical (unpaired) electrons. The second kappa shape index (κ2) is 9.90. The molecule has 28 heavy (non-hydrogen) atoms. The quantitative estimate of drug-likeness (QED) is 0.549. The van der Waals surface area contributed by atoms with Gasteiger partial charge in [0.05, 0.1) is 0 Å². The molecule has 1 aliphatic rings. The van der Waals surface area contributed by atoms with Gasteiger partial charge < -0.3 is 20.5 Å². The molecular weight excluding hydrogens is 356 g/mol. The number of ether oxygens (including phenoxy) is 1. The van der Waals surface area contributed by atoms with Crippen LogP contribution in [0.5, 0.6) is 0 Å². The van der Waals surface area contributed by atoms with Crippen LogP contribution in [0.2, 0.25) is 0 Å². The van der Waals surface area contributed by atoms with Crippen molar-refractivity contribution in [1.82, 2.24) is 10.6 Å². The summed E-state index contributed by atoms with van der Waals surface area (Å²) in [5, 5.41) is 14.5. The lowest BCUT2D eigenvalue weighted by Crippen LogP contribution is -2.33. The minimum absolute atomic E-state index is 0.0607. The van der Waals surface area contributed by atoms with Crippen molar-refractivity contribution in [3.8, 4) is 11.1 Å². The summed E-state index contributed by atoms with van der Waals surface area (Å²) < 4.78 is 5.47. The highest BCUT2D eigenvalue weighted by Gasteiger charge is 2.28. The molecule has 0 unspecified atom stereocenters. The third kappa shape index (κ3) is 5.10. The molecule has 3 N–H and O–H groups in total. The van der Waals surface area contributed by atoms with E-state index in [1.165, 1.54) is 22.3 Å². The van der Waals surface area contributed by atoms with Crippen LogP contribution in [-0.2, 0) is 9.53 Å². The van der Waals surface area contributed by atoms with Gasteiger partial charge in [0, 0.05) is 25.4 Å². The van der Waals surface area contributed by atoms with Gasteiger partial charge in [0.25, 0.3) is 0 Å². The van der Waals surface area contributed by atoms with Crippen LogP contribution in [0, 0.1) is 0 Å².